The topological polar surface area (TPSA) is 58.2 Å². The van der Waals surface area contributed by atoms with E-state index in [2.05, 4.69) is 10.6 Å². The molecule has 2 aromatic carbocycles. The third-order valence-electron chi connectivity index (χ3n) is 4.48. The molecule has 0 saturated carbocycles. The number of hydrogen-bond donors (Lipinski definition) is 2. The van der Waals surface area contributed by atoms with Crippen molar-refractivity contribution in [1.29, 1.82) is 0 Å². The standard InChI is InChI=1S/C20H16F4N2O2/c1-11-5-6-13(20(22,23)24)8-17(11)26-19(28)16-10-25-18(27)9-15(16)12-3-2-4-14(21)7-12/h2-8,10,15H,9H2,1H3,(H,25,27)(H,26,28). The average Bonchev–Trinajstić information content (AvgIpc) is 2.62. The first-order chi connectivity index (χ1) is 13.1. The Morgan fingerprint density at radius 2 is 1.93 bits per heavy atom. The average molecular weight is 392 g/mol. The van der Waals surface area contributed by atoms with Gasteiger partial charge in [0.15, 0.2) is 0 Å². The van der Waals surface area contributed by atoms with Crippen LogP contribution in [-0.4, -0.2) is 11.8 Å². The first-order valence-electron chi connectivity index (χ1n) is 8.39. The highest BCUT2D eigenvalue weighted by molar-refractivity contribution is 6.06. The van der Waals surface area contributed by atoms with Gasteiger partial charge in [-0.05, 0) is 42.3 Å². The summed E-state index contributed by atoms with van der Waals surface area (Å²) in [7, 11) is 0. The lowest BCUT2D eigenvalue weighted by Crippen LogP contribution is -2.32. The summed E-state index contributed by atoms with van der Waals surface area (Å²) in [6.45, 7) is 1.57. The number of alkyl halides is 3. The van der Waals surface area contributed by atoms with Crippen LogP contribution in [0.5, 0.6) is 0 Å². The lowest BCUT2D eigenvalue weighted by atomic mass is 9.86. The van der Waals surface area contributed by atoms with Crippen LogP contribution in [0.2, 0.25) is 0 Å². The Balaban J connectivity index is 1.91. The molecule has 1 aliphatic rings. The predicted octanol–water partition coefficient (Wildman–Crippen LogP) is 4.28. The summed E-state index contributed by atoms with van der Waals surface area (Å²) in [6.07, 6.45) is -3.42. The van der Waals surface area contributed by atoms with Crippen molar-refractivity contribution in [1.82, 2.24) is 5.32 Å². The molecule has 2 N–H and O–H groups in total. The normalized spacial score (nSPS) is 17.0. The number of rotatable bonds is 3. The Labute approximate surface area is 158 Å². The van der Waals surface area contributed by atoms with Crippen LogP contribution in [-0.2, 0) is 15.8 Å². The van der Waals surface area contributed by atoms with Gasteiger partial charge >= 0.3 is 6.18 Å². The van der Waals surface area contributed by atoms with Crippen molar-refractivity contribution in [2.45, 2.75) is 25.4 Å². The van der Waals surface area contributed by atoms with E-state index in [9.17, 15) is 27.2 Å². The van der Waals surface area contributed by atoms with Crippen LogP contribution in [0, 0.1) is 12.7 Å². The van der Waals surface area contributed by atoms with Gasteiger partial charge in [0.25, 0.3) is 5.91 Å². The van der Waals surface area contributed by atoms with Crippen molar-refractivity contribution in [2.24, 2.45) is 0 Å². The summed E-state index contributed by atoms with van der Waals surface area (Å²) in [4.78, 5) is 24.5. The minimum absolute atomic E-state index is 0.00983. The molecule has 1 atom stereocenters. The van der Waals surface area contributed by atoms with E-state index < -0.39 is 29.4 Å². The Morgan fingerprint density at radius 3 is 2.61 bits per heavy atom. The maximum absolute atomic E-state index is 13.6. The molecule has 3 rings (SSSR count). The highest BCUT2D eigenvalue weighted by Crippen LogP contribution is 2.34. The van der Waals surface area contributed by atoms with Crippen LogP contribution in [0.3, 0.4) is 0 Å². The quantitative estimate of drug-likeness (QED) is 0.766. The van der Waals surface area contributed by atoms with E-state index in [-0.39, 0.29) is 23.6 Å². The zero-order valence-corrected chi connectivity index (χ0v) is 14.7. The SMILES string of the molecule is Cc1ccc(C(F)(F)F)cc1NC(=O)C1=CNC(=O)CC1c1cccc(F)c1. The molecule has 1 heterocycles. The molecule has 28 heavy (non-hydrogen) atoms. The van der Waals surface area contributed by atoms with Gasteiger partial charge < -0.3 is 10.6 Å². The second-order valence-electron chi connectivity index (χ2n) is 6.46. The third-order valence-corrected chi connectivity index (χ3v) is 4.48. The molecule has 0 aromatic heterocycles. The maximum Gasteiger partial charge on any atom is 0.416 e. The van der Waals surface area contributed by atoms with Gasteiger partial charge in [0, 0.05) is 29.8 Å². The molecular weight excluding hydrogens is 376 g/mol. The Bertz CT molecular complexity index is 967. The molecule has 2 aromatic rings. The molecule has 0 fully saturated rings. The van der Waals surface area contributed by atoms with Crippen molar-refractivity contribution in [3.63, 3.8) is 0 Å². The van der Waals surface area contributed by atoms with Gasteiger partial charge in [0.1, 0.15) is 5.82 Å². The number of hydrogen-bond acceptors (Lipinski definition) is 2. The van der Waals surface area contributed by atoms with Gasteiger partial charge in [0.05, 0.1) is 5.56 Å². The smallest absolute Gasteiger partial charge is 0.332 e. The number of anilines is 1. The van der Waals surface area contributed by atoms with Crippen molar-refractivity contribution < 1.29 is 27.2 Å². The summed E-state index contributed by atoms with van der Waals surface area (Å²) >= 11 is 0. The Morgan fingerprint density at radius 1 is 1.18 bits per heavy atom. The van der Waals surface area contributed by atoms with Crippen LogP contribution in [0.4, 0.5) is 23.2 Å². The van der Waals surface area contributed by atoms with Gasteiger partial charge in [-0.1, -0.05) is 18.2 Å². The molecule has 0 spiro atoms. The summed E-state index contributed by atoms with van der Waals surface area (Å²) in [5.41, 5.74) is 0.125. The molecule has 0 radical (unpaired) electrons. The minimum Gasteiger partial charge on any atom is -0.332 e. The Kier molecular flexibility index (Phi) is 5.22. The maximum atomic E-state index is 13.6. The summed E-state index contributed by atoms with van der Waals surface area (Å²) in [5.74, 6) is -2.25. The molecule has 0 saturated heterocycles. The van der Waals surface area contributed by atoms with Crippen LogP contribution in [0.15, 0.2) is 54.2 Å². The van der Waals surface area contributed by atoms with Crippen molar-refractivity contribution in [3.05, 3.63) is 76.7 Å². The van der Waals surface area contributed by atoms with Crippen molar-refractivity contribution >= 4 is 17.5 Å². The number of carbonyl (C=O) groups excluding carboxylic acids is 2. The predicted molar refractivity (Wildman–Crippen MR) is 94.8 cm³/mol. The van der Waals surface area contributed by atoms with Gasteiger partial charge in [-0.25, -0.2) is 4.39 Å². The number of nitrogens with one attached hydrogen (secondary N) is 2. The number of benzene rings is 2. The second-order valence-corrected chi connectivity index (χ2v) is 6.46. The largest absolute Gasteiger partial charge is 0.416 e. The van der Waals surface area contributed by atoms with E-state index in [1.54, 1.807) is 13.0 Å². The monoisotopic (exact) mass is 392 g/mol. The van der Waals surface area contributed by atoms with E-state index in [0.29, 0.717) is 11.1 Å². The summed E-state index contributed by atoms with van der Waals surface area (Å²) in [6, 6.07) is 8.56. The number of aryl methyl sites for hydroxylation is 1. The van der Waals surface area contributed by atoms with E-state index in [1.165, 1.54) is 30.5 Å². The number of carbonyl (C=O) groups is 2. The zero-order valence-electron chi connectivity index (χ0n) is 14.7. The van der Waals surface area contributed by atoms with E-state index in [1.807, 2.05) is 0 Å². The molecule has 4 nitrogen and oxygen atoms in total. The van der Waals surface area contributed by atoms with Crippen LogP contribution in [0.1, 0.15) is 29.0 Å². The molecular formula is C20H16F4N2O2. The van der Waals surface area contributed by atoms with Crippen LogP contribution < -0.4 is 10.6 Å². The van der Waals surface area contributed by atoms with E-state index in [0.717, 1.165) is 12.1 Å². The van der Waals surface area contributed by atoms with Crippen LogP contribution >= 0.6 is 0 Å². The fourth-order valence-corrected chi connectivity index (χ4v) is 2.99. The molecule has 2 amide bonds. The Hall–Kier alpha value is -3.16. The highest BCUT2D eigenvalue weighted by Gasteiger charge is 2.32. The van der Waals surface area contributed by atoms with E-state index >= 15 is 0 Å². The van der Waals surface area contributed by atoms with Crippen molar-refractivity contribution in [3.8, 4) is 0 Å². The number of amides is 2. The molecule has 0 bridgehead atoms. The number of halogens is 4. The summed E-state index contributed by atoms with van der Waals surface area (Å²) < 4.78 is 52.4. The second kappa shape index (κ2) is 7.46. The molecule has 0 aliphatic carbocycles. The van der Waals surface area contributed by atoms with Gasteiger partial charge in [-0.2, -0.15) is 13.2 Å². The first kappa shape index (κ1) is 19.6. The first-order valence-corrected chi connectivity index (χ1v) is 8.39. The fourth-order valence-electron chi connectivity index (χ4n) is 2.99. The highest BCUT2D eigenvalue weighted by atomic mass is 19.4. The summed E-state index contributed by atoms with van der Waals surface area (Å²) in [5, 5.41) is 4.90. The van der Waals surface area contributed by atoms with E-state index in [4.69, 9.17) is 0 Å². The fraction of sp³-hybridized carbons (Fsp3) is 0.200. The third kappa shape index (κ3) is 4.21. The lowest BCUT2D eigenvalue weighted by molar-refractivity contribution is -0.137. The molecule has 8 heteroatoms. The molecule has 1 unspecified atom stereocenters. The van der Waals surface area contributed by atoms with Gasteiger partial charge in [-0.3, -0.25) is 9.59 Å². The van der Waals surface area contributed by atoms with Crippen LogP contribution in [0.25, 0.3) is 0 Å². The van der Waals surface area contributed by atoms with Gasteiger partial charge in [0.2, 0.25) is 5.91 Å². The van der Waals surface area contributed by atoms with Crippen molar-refractivity contribution in [2.75, 3.05) is 5.32 Å². The molecule has 146 valence electrons. The zero-order chi connectivity index (χ0) is 20.5. The lowest BCUT2D eigenvalue weighted by Gasteiger charge is -2.24. The molecule has 1 aliphatic heterocycles. The van der Waals surface area contributed by atoms with Gasteiger partial charge in [-0.15, -0.1) is 0 Å². The minimum atomic E-state index is -4.55.